The molecule has 124 valence electrons. The van der Waals surface area contributed by atoms with Crippen LogP contribution in [0.2, 0.25) is 0 Å². The number of nitrogens with one attached hydrogen (secondary N) is 2. The predicted octanol–water partition coefficient (Wildman–Crippen LogP) is 0.677. The molecule has 0 aliphatic rings. The number of aromatic nitrogens is 2. The van der Waals surface area contributed by atoms with Crippen LogP contribution in [-0.4, -0.2) is 53.9 Å². The molecule has 1 heterocycles. The number of amides is 1. The summed E-state index contributed by atoms with van der Waals surface area (Å²) in [4.78, 5) is 19.4. The van der Waals surface area contributed by atoms with E-state index < -0.39 is 15.9 Å². The number of benzene rings is 1. The Kier molecular flexibility index (Phi) is 7.15. The zero-order chi connectivity index (χ0) is 17.0. The van der Waals surface area contributed by atoms with Gasteiger partial charge in [-0.25, -0.2) is 18.1 Å². The summed E-state index contributed by atoms with van der Waals surface area (Å²) in [5.41, 5.74) is 6.91. The zero-order valence-electron chi connectivity index (χ0n) is 12.7. The van der Waals surface area contributed by atoms with Crippen LogP contribution in [0.15, 0.2) is 35.4 Å². The van der Waals surface area contributed by atoms with Crippen molar-refractivity contribution in [3.05, 3.63) is 36.0 Å². The molecular weight excluding hydrogens is 341 g/mol. The molecule has 1 aromatic carbocycles. The maximum atomic E-state index is 12.1. The second-order valence-corrected chi connectivity index (χ2v) is 6.48. The second-order valence-electron chi connectivity index (χ2n) is 4.80. The van der Waals surface area contributed by atoms with E-state index in [0.717, 1.165) is 5.56 Å². The average molecular weight is 359 g/mol. The van der Waals surface area contributed by atoms with Crippen LogP contribution in [0, 0.1) is 6.92 Å². The Bertz CT molecular complexity index is 842. The second kappa shape index (κ2) is 8.43. The number of nitrogens with zero attached hydrogens (tertiary/aromatic N) is 2. The minimum atomic E-state index is -3.91. The Morgan fingerprint density at radius 1 is 1.33 bits per heavy atom. The molecule has 0 saturated carbocycles. The predicted molar refractivity (Wildman–Crippen MR) is 93.7 cm³/mol. The van der Waals surface area contributed by atoms with E-state index in [-0.39, 0.29) is 46.8 Å². The molecule has 0 saturated heterocycles. The normalized spacial score (nSPS) is 10.6. The summed E-state index contributed by atoms with van der Waals surface area (Å²) in [5.74, 6) is 0.0136. The summed E-state index contributed by atoms with van der Waals surface area (Å²) in [7, 11) is -3.91. The Morgan fingerprint density at radius 2 is 2.04 bits per heavy atom. The molecule has 0 spiro atoms. The molecule has 10 heteroatoms. The molecule has 0 radical (unpaired) electrons. The summed E-state index contributed by atoms with van der Waals surface area (Å²) in [6.45, 7) is 3.35. The van der Waals surface area contributed by atoms with Gasteiger partial charge >= 0.3 is 29.6 Å². The van der Waals surface area contributed by atoms with Crippen molar-refractivity contribution >= 4 is 62.9 Å². The number of nitrogen functional groups attached to an aromatic ring is 1. The quantitative estimate of drug-likeness (QED) is 0.670. The summed E-state index contributed by atoms with van der Waals surface area (Å²) in [6.07, 6.45) is 1.64. The molecule has 2 aromatic rings. The van der Waals surface area contributed by atoms with E-state index in [1.807, 2.05) is 4.72 Å². The van der Waals surface area contributed by atoms with Crippen molar-refractivity contribution in [1.82, 2.24) is 14.7 Å². The molecule has 1 amide bonds. The van der Waals surface area contributed by atoms with Crippen molar-refractivity contribution in [2.24, 2.45) is 0 Å². The van der Waals surface area contributed by atoms with E-state index in [1.54, 1.807) is 32.2 Å². The average Bonchev–Trinajstić information content (AvgIpc) is 2.51. The van der Waals surface area contributed by atoms with Gasteiger partial charge in [0.15, 0.2) is 0 Å². The van der Waals surface area contributed by atoms with E-state index in [9.17, 15) is 13.2 Å². The third kappa shape index (κ3) is 5.17. The number of carbonyl (C=O) groups excluding carboxylic acids is 1. The van der Waals surface area contributed by atoms with Crippen LogP contribution in [0.5, 0.6) is 0 Å². The molecule has 8 nitrogen and oxygen atoms in total. The van der Waals surface area contributed by atoms with Crippen LogP contribution in [0.25, 0.3) is 0 Å². The molecule has 1 aromatic heterocycles. The van der Waals surface area contributed by atoms with Gasteiger partial charge in [0.1, 0.15) is 5.82 Å². The number of anilines is 3. The molecule has 0 atom stereocenters. The van der Waals surface area contributed by atoms with Crippen molar-refractivity contribution < 1.29 is 13.2 Å². The van der Waals surface area contributed by atoms with Crippen LogP contribution in [-0.2, 0) is 14.8 Å². The first-order valence-corrected chi connectivity index (χ1v) is 8.32. The van der Waals surface area contributed by atoms with Gasteiger partial charge in [0, 0.05) is 23.9 Å². The molecule has 0 aliphatic heterocycles. The van der Waals surface area contributed by atoms with Gasteiger partial charge in [-0.15, -0.1) is 0 Å². The first kappa shape index (κ1) is 20.4. The van der Waals surface area contributed by atoms with Crippen molar-refractivity contribution in [2.45, 2.75) is 25.2 Å². The topological polar surface area (TPSA) is 127 Å². The van der Waals surface area contributed by atoms with Crippen LogP contribution in [0.3, 0.4) is 0 Å². The third-order valence-electron chi connectivity index (χ3n) is 2.98. The van der Waals surface area contributed by atoms with Crippen molar-refractivity contribution in [2.75, 3.05) is 11.1 Å². The third-order valence-corrected chi connectivity index (χ3v) is 4.35. The van der Waals surface area contributed by atoms with Gasteiger partial charge in [0.05, 0.1) is 4.90 Å². The fourth-order valence-corrected chi connectivity index (χ4v) is 2.77. The van der Waals surface area contributed by atoms with E-state index in [1.165, 1.54) is 12.1 Å². The first-order chi connectivity index (χ1) is 10.8. The van der Waals surface area contributed by atoms with Gasteiger partial charge in [-0.1, -0.05) is 13.0 Å². The number of carbonyl (C=O) groups is 1. The van der Waals surface area contributed by atoms with Crippen LogP contribution >= 0.6 is 0 Å². The van der Waals surface area contributed by atoms with E-state index in [2.05, 4.69) is 15.3 Å². The SMILES string of the molecule is CCC(=O)NS(=O)(=O)c1cccc(Nc2ncc(C)c(N)n2)c1.[NaH]. The number of nitrogens with two attached hydrogens (primary N) is 1. The number of hydrogen-bond donors (Lipinski definition) is 3. The van der Waals surface area contributed by atoms with E-state index in [0.29, 0.717) is 11.5 Å². The number of hydrogen-bond acceptors (Lipinski definition) is 7. The summed E-state index contributed by atoms with van der Waals surface area (Å²) < 4.78 is 26.2. The van der Waals surface area contributed by atoms with Crippen molar-refractivity contribution in [1.29, 1.82) is 0 Å². The van der Waals surface area contributed by atoms with E-state index >= 15 is 0 Å². The van der Waals surface area contributed by atoms with Crippen LogP contribution < -0.4 is 15.8 Å². The monoisotopic (exact) mass is 359 g/mol. The Morgan fingerprint density at radius 3 is 2.67 bits per heavy atom. The summed E-state index contributed by atoms with van der Waals surface area (Å²) in [5, 5.41) is 2.87. The summed E-state index contributed by atoms with van der Waals surface area (Å²) in [6, 6.07) is 5.97. The molecule has 4 N–H and O–H groups in total. The van der Waals surface area contributed by atoms with Gasteiger partial charge in [-0.2, -0.15) is 4.98 Å². The van der Waals surface area contributed by atoms with Crippen molar-refractivity contribution in [3.63, 3.8) is 0 Å². The fraction of sp³-hybridized carbons (Fsp3) is 0.214. The summed E-state index contributed by atoms with van der Waals surface area (Å²) >= 11 is 0. The van der Waals surface area contributed by atoms with Crippen LogP contribution in [0.4, 0.5) is 17.5 Å². The molecule has 24 heavy (non-hydrogen) atoms. The molecule has 0 aliphatic carbocycles. The maximum absolute atomic E-state index is 12.1. The minimum absolute atomic E-state index is 0. The van der Waals surface area contributed by atoms with Gasteiger partial charge < -0.3 is 11.1 Å². The van der Waals surface area contributed by atoms with Gasteiger partial charge in [0.2, 0.25) is 11.9 Å². The first-order valence-electron chi connectivity index (χ1n) is 6.83. The number of rotatable bonds is 5. The van der Waals surface area contributed by atoms with Gasteiger partial charge in [0.25, 0.3) is 10.0 Å². The molecule has 2 rings (SSSR count). The Labute approximate surface area is 162 Å². The Balaban J connectivity index is 0.00000288. The molecule has 0 unspecified atom stereocenters. The molecule has 0 bridgehead atoms. The van der Waals surface area contributed by atoms with Crippen LogP contribution in [0.1, 0.15) is 18.9 Å². The Hall–Kier alpha value is -1.68. The van der Waals surface area contributed by atoms with Crippen molar-refractivity contribution in [3.8, 4) is 0 Å². The zero-order valence-corrected chi connectivity index (χ0v) is 13.5. The molecule has 0 fully saturated rings. The van der Waals surface area contributed by atoms with E-state index in [4.69, 9.17) is 5.73 Å². The number of aryl methyl sites for hydroxylation is 1. The standard InChI is InChI=1S/C14H17N5O3S.Na.H/c1-3-12(20)19-23(21,22)11-6-4-5-10(7-11)17-14-16-8-9(2)13(15)18-14;;/h4-8H,3H2,1-2H3,(H,19,20)(H3,15,16,17,18);;. The fourth-order valence-electron chi connectivity index (χ4n) is 1.67. The molecular formula is C14H18N5NaO3S. The number of sulfonamides is 1. The van der Waals surface area contributed by atoms with Gasteiger partial charge in [-0.05, 0) is 25.1 Å². The van der Waals surface area contributed by atoms with Gasteiger partial charge in [-0.3, -0.25) is 4.79 Å².